The fraction of sp³-hybridized carbons (Fsp3) is 0.471. The van der Waals surface area contributed by atoms with E-state index in [0.717, 1.165) is 23.3 Å². The first-order chi connectivity index (χ1) is 10.8. The number of hydrogen-bond acceptors (Lipinski definition) is 3. The van der Waals surface area contributed by atoms with Crippen LogP contribution in [-0.2, 0) is 0 Å². The lowest BCUT2D eigenvalue weighted by Crippen LogP contribution is -2.39. The van der Waals surface area contributed by atoms with E-state index in [2.05, 4.69) is 33.8 Å². The van der Waals surface area contributed by atoms with Crippen LogP contribution in [0.5, 0.6) is 0 Å². The van der Waals surface area contributed by atoms with Crippen LogP contribution < -0.4 is 10.6 Å². The third-order valence-electron chi connectivity index (χ3n) is 4.00. The largest absolute Gasteiger partial charge is 0.386 e. The fourth-order valence-corrected chi connectivity index (χ4v) is 3.53. The lowest BCUT2D eigenvalue weighted by Gasteiger charge is -2.14. The number of nitrogens with zero attached hydrogens (tertiary/aromatic N) is 1. The maximum absolute atomic E-state index is 10.4. The summed E-state index contributed by atoms with van der Waals surface area (Å²) >= 11 is 1.64. The summed E-state index contributed by atoms with van der Waals surface area (Å²) in [4.78, 5) is 5.19. The highest BCUT2D eigenvalue weighted by molar-refractivity contribution is 14.0. The van der Waals surface area contributed by atoms with Crippen molar-refractivity contribution in [2.45, 2.75) is 25.4 Å². The minimum atomic E-state index is -0.514. The normalized spacial score (nSPS) is 16.0. The van der Waals surface area contributed by atoms with Crippen LogP contribution in [0.3, 0.4) is 0 Å². The van der Waals surface area contributed by atoms with Gasteiger partial charge in [0.25, 0.3) is 0 Å². The van der Waals surface area contributed by atoms with Gasteiger partial charge < -0.3 is 15.7 Å². The van der Waals surface area contributed by atoms with E-state index < -0.39 is 6.10 Å². The molecule has 1 aliphatic carbocycles. The third kappa shape index (κ3) is 5.32. The summed E-state index contributed by atoms with van der Waals surface area (Å²) in [7, 11) is 1.76. The average Bonchev–Trinajstić information content (AvgIpc) is 3.25. The predicted octanol–water partition coefficient (Wildman–Crippen LogP) is 3.52. The molecule has 0 bridgehead atoms. The highest BCUT2D eigenvalue weighted by atomic mass is 127. The molecule has 23 heavy (non-hydrogen) atoms. The molecule has 1 heterocycles. The molecule has 3 N–H and O–H groups in total. The molecule has 1 aliphatic rings. The summed E-state index contributed by atoms with van der Waals surface area (Å²) in [5.41, 5.74) is 0. The zero-order valence-corrected chi connectivity index (χ0v) is 16.4. The monoisotopic (exact) mass is 445 g/mol. The summed E-state index contributed by atoms with van der Waals surface area (Å²) in [6.45, 7) is 1.42. The summed E-state index contributed by atoms with van der Waals surface area (Å²) in [6, 6.07) is 10.3. The van der Waals surface area contributed by atoms with Crippen molar-refractivity contribution in [1.29, 1.82) is 0 Å². The Bertz CT molecular complexity index is 621. The molecule has 1 aromatic carbocycles. The number of hydrogen-bond donors (Lipinski definition) is 3. The van der Waals surface area contributed by atoms with Crippen LogP contribution in [0, 0.1) is 5.92 Å². The number of fused-ring (bicyclic) bond motifs is 1. The Hall–Kier alpha value is -0.860. The van der Waals surface area contributed by atoms with Gasteiger partial charge >= 0.3 is 0 Å². The second kappa shape index (κ2) is 8.84. The number of rotatable bonds is 6. The molecule has 1 saturated carbocycles. The van der Waals surface area contributed by atoms with Crippen LogP contribution in [0.1, 0.15) is 30.2 Å². The summed E-state index contributed by atoms with van der Waals surface area (Å²) < 4.78 is 1.21. The van der Waals surface area contributed by atoms with Crippen LogP contribution in [-0.4, -0.2) is 31.2 Å². The van der Waals surface area contributed by atoms with Gasteiger partial charge in [0.1, 0.15) is 6.10 Å². The minimum Gasteiger partial charge on any atom is -0.386 e. The number of guanidine groups is 1. The van der Waals surface area contributed by atoms with Crippen molar-refractivity contribution in [2.75, 3.05) is 20.1 Å². The van der Waals surface area contributed by atoms with Crippen molar-refractivity contribution in [3.05, 3.63) is 35.2 Å². The standard InChI is InChI=1S/C17H23N3OS.HI/c1-18-17(19-9-8-12-6-7-12)20-11-14(21)16-10-13-4-2-3-5-15(13)22-16;/h2-5,10,12,14,21H,6-9,11H2,1H3,(H2,18,19,20);1H. The molecule has 0 radical (unpaired) electrons. The lowest BCUT2D eigenvalue weighted by molar-refractivity contribution is 0.184. The van der Waals surface area contributed by atoms with Gasteiger partial charge in [0.15, 0.2) is 5.96 Å². The minimum absolute atomic E-state index is 0. The molecule has 1 aromatic heterocycles. The van der Waals surface area contributed by atoms with Gasteiger partial charge in [-0.25, -0.2) is 0 Å². The highest BCUT2D eigenvalue weighted by Gasteiger charge is 2.20. The van der Waals surface area contributed by atoms with Gasteiger partial charge in [0.05, 0.1) is 0 Å². The molecule has 1 fully saturated rings. The number of aliphatic imine (C=N–C) groups is 1. The van der Waals surface area contributed by atoms with Crippen molar-refractivity contribution < 1.29 is 5.11 Å². The zero-order valence-electron chi connectivity index (χ0n) is 13.3. The van der Waals surface area contributed by atoms with Gasteiger partial charge in [-0.05, 0) is 29.9 Å². The maximum atomic E-state index is 10.4. The second-order valence-electron chi connectivity index (χ2n) is 5.81. The van der Waals surface area contributed by atoms with Gasteiger partial charge in [-0.1, -0.05) is 31.0 Å². The summed E-state index contributed by atoms with van der Waals surface area (Å²) in [5, 5.41) is 18.1. The molecule has 0 spiro atoms. The first kappa shape index (κ1) is 18.5. The van der Waals surface area contributed by atoms with Gasteiger partial charge in [-0.15, -0.1) is 35.3 Å². The fourth-order valence-electron chi connectivity index (χ4n) is 2.48. The van der Waals surface area contributed by atoms with Crippen LogP contribution in [0.2, 0.25) is 0 Å². The van der Waals surface area contributed by atoms with Crippen LogP contribution in [0.25, 0.3) is 10.1 Å². The summed E-state index contributed by atoms with van der Waals surface area (Å²) in [6.07, 6.45) is 3.44. The topological polar surface area (TPSA) is 56.7 Å². The van der Waals surface area contributed by atoms with E-state index in [1.807, 2.05) is 12.1 Å². The van der Waals surface area contributed by atoms with Crippen molar-refractivity contribution in [2.24, 2.45) is 10.9 Å². The molecular formula is C17H24IN3OS. The molecule has 2 aromatic rings. The molecule has 0 amide bonds. The Morgan fingerprint density at radius 2 is 2.13 bits per heavy atom. The molecule has 126 valence electrons. The lowest BCUT2D eigenvalue weighted by atomic mass is 10.2. The molecular weight excluding hydrogens is 421 g/mol. The zero-order chi connectivity index (χ0) is 15.4. The van der Waals surface area contributed by atoms with Crippen molar-refractivity contribution >= 4 is 51.4 Å². The molecule has 0 aliphatic heterocycles. The number of aliphatic hydroxyl groups excluding tert-OH is 1. The Kier molecular flexibility index (Phi) is 7.10. The van der Waals surface area contributed by atoms with Crippen molar-refractivity contribution in [3.8, 4) is 0 Å². The van der Waals surface area contributed by atoms with Gasteiger partial charge in [-0.3, -0.25) is 4.99 Å². The Labute approximate surface area is 158 Å². The van der Waals surface area contributed by atoms with Gasteiger partial charge in [0.2, 0.25) is 0 Å². The predicted molar refractivity (Wildman–Crippen MR) is 109 cm³/mol. The van der Waals surface area contributed by atoms with Crippen LogP contribution in [0.4, 0.5) is 0 Å². The number of halogens is 1. The van der Waals surface area contributed by atoms with Crippen molar-refractivity contribution in [1.82, 2.24) is 10.6 Å². The Morgan fingerprint density at radius 3 is 2.83 bits per heavy atom. The van der Waals surface area contributed by atoms with Crippen molar-refractivity contribution in [3.63, 3.8) is 0 Å². The quantitative estimate of drug-likeness (QED) is 0.363. The maximum Gasteiger partial charge on any atom is 0.191 e. The number of thiophene rings is 1. The van der Waals surface area contributed by atoms with Gasteiger partial charge in [0, 0.05) is 29.7 Å². The van der Waals surface area contributed by atoms with E-state index >= 15 is 0 Å². The van der Waals surface area contributed by atoms with E-state index in [4.69, 9.17) is 0 Å². The highest BCUT2D eigenvalue weighted by Crippen LogP contribution is 2.31. The Balaban J connectivity index is 0.00000192. The average molecular weight is 445 g/mol. The number of benzene rings is 1. The SMILES string of the molecule is CN=C(NCCC1CC1)NCC(O)c1cc2ccccc2s1.I. The van der Waals surface area contributed by atoms with Crippen LogP contribution in [0.15, 0.2) is 35.3 Å². The van der Waals surface area contributed by atoms with E-state index in [0.29, 0.717) is 6.54 Å². The number of aliphatic hydroxyl groups is 1. The van der Waals surface area contributed by atoms with E-state index in [1.54, 1.807) is 18.4 Å². The third-order valence-corrected chi connectivity index (χ3v) is 5.22. The molecule has 4 nitrogen and oxygen atoms in total. The first-order valence-electron chi connectivity index (χ1n) is 7.87. The molecule has 3 rings (SSSR count). The second-order valence-corrected chi connectivity index (χ2v) is 6.93. The molecule has 6 heteroatoms. The molecule has 0 saturated heterocycles. The number of nitrogens with one attached hydrogen (secondary N) is 2. The van der Waals surface area contributed by atoms with Crippen LogP contribution >= 0.6 is 35.3 Å². The molecule has 1 unspecified atom stereocenters. The smallest absolute Gasteiger partial charge is 0.191 e. The summed E-state index contributed by atoms with van der Waals surface area (Å²) in [5.74, 6) is 1.68. The van der Waals surface area contributed by atoms with Gasteiger partial charge in [-0.2, -0.15) is 0 Å². The molecule has 1 atom stereocenters. The first-order valence-corrected chi connectivity index (χ1v) is 8.69. The van der Waals surface area contributed by atoms with E-state index in [-0.39, 0.29) is 24.0 Å². The van der Waals surface area contributed by atoms with E-state index in [9.17, 15) is 5.11 Å². The van der Waals surface area contributed by atoms with E-state index in [1.165, 1.54) is 29.3 Å². The Morgan fingerprint density at radius 1 is 1.35 bits per heavy atom.